The Balaban J connectivity index is 1.64. The van der Waals surface area contributed by atoms with E-state index >= 15 is 0 Å². The van der Waals surface area contributed by atoms with Crippen LogP contribution in [-0.4, -0.2) is 21.8 Å². The minimum atomic E-state index is 0.0780. The molecule has 2 aromatic heterocycles. The van der Waals surface area contributed by atoms with E-state index in [4.69, 9.17) is 5.73 Å². The smallest absolute Gasteiger partial charge is 0.223 e. The molecule has 1 aliphatic rings. The first-order valence-corrected chi connectivity index (χ1v) is 7.59. The summed E-state index contributed by atoms with van der Waals surface area (Å²) in [7, 11) is 0. The molecule has 1 fully saturated rings. The lowest BCUT2D eigenvalue weighted by Gasteiger charge is -2.16. The van der Waals surface area contributed by atoms with E-state index in [1.54, 1.807) is 0 Å². The average molecular weight is 286 g/mol. The van der Waals surface area contributed by atoms with Crippen LogP contribution in [-0.2, 0) is 11.3 Å². The molecule has 0 aromatic carbocycles. The number of hydrogen-bond donors (Lipinski definition) is 2. The number of amides is 1. The molecule has 0 saturated heterocycles. The fourth-order valence-electron chi connectivity index (χ4n) is 3.21. The number of imidazole rings is 1. The number of nitrogens with one attached hydrogen (secondary N) is 1. The van der Waals surface area contributed by atoms with Crippen LogP contribution in [0.4, 0.5) is 0 Å². The number of carbonyl (C=O) groups excluding carboxylic acids is 1. The average Bonchev–Trinajstić information content (AvgIpc) is 3.10. The topological polar surface area (TPSA) is 72.4 Å². The van der Waals surface area contributed by atoms with E-state index in [9.17, 15) is 4.79 Å². The van der Waals surface area contributed by atoms with Gasteiger partial charge in [0.05, 0.1) is 12.2 Å². The van der Waals surface area contributed by atoms with Crippen molar-refractivity contribution in [2.45, 2.75) is 32.7 Å². The molecule has 3 N–H and O–H groups in total. The zero-order valence-electron chi connectivity index (χ0n) is 12.4. The second kappa shape index (κ2) is 5.85. The number of aromatic nitrogens is 2. The van der Waals surface area contributed by atoms with Gasteiger partial charge in [-0.1, -0.05) is 12.5 Å². The summed E-state index contributed by atoms with van der Waals surface area (Å²) in [5, 5.41) is 3.01. The Morgan fingerprint density at radius 3 is 3.10 bits per heavy atom. The van der Waals surface area contributed by atoms with Gasteiger partial charge in [0.15, 0.2) is 0 Å². The summed E-state index contributed by atoms with van der Waals surface area (Å²) in [4.78, 5) is 16.8. The zero-order chi connectivity index (χ0) is 14.8. The number of pyridine rings is 1. The summed E-state index contributed by atoms with van der Waals surface area (Å²) in [6.45, 7) is 3.13. The van der Waals surface area contributed by atoms with Crippen LogP contribution < -0.4 is 11.1 Å². The molecule has 2 aromatic rings. The van der Waals surface area contributed by atoms with Gasteiger partial charge in [-0.2, -0.15) is 0 Å². The lowest BCUT2D eigenvalue weighted by Crippen LogP contribution is -2.34. The molecular formula is C16H22N4O. The normalized spacial score (nSPS) is 21.8. The maximum Gasteiger partial charge on any atom is 0.223 e. The first-order chi connectivity index (χ1) is 10.2. The minimum absolute atomic E-state index is 0.0780. The Morgan fingerprint density at radius 2 is 2.29 bits per heavy atom. The van der Waals surface area contributed by atoms with Crippen molar-refractivity contribution in [1.29, 1.82) is 0 Å². The summed E-state index contributed by atoms with van der Waals surface area (Å²) in [5.74, 6) is 0.541. The predicted molar refractivity (Wildman–Crippen MR) is 81.7 cm³/mol. The predicted octanol–water partition coefficient (Wildman–Crippen LogP) is 1.63. The number of fused-ring (bicyclic) bond motifs is 1. The van der Waals surface area contributed by atoms with Crippen molar-refractivity contribution in [2.75, 3.05) is 6.54 Å². The zero-order valence-corrected chi connectivity index (χ0v) is 12.4. The number of hydrogen-bond acceptors (Lipinski definition) is 3. The quantitative estimate of drug-likeness (QED) is 0.897. The standard InChI is InChI=1S/C16H22N4O/c1-11-5-6-15-19-13(10-20(15)9-11)8-18-16(21)14-4-2-3-12(14)7-17/h5-6,9-10,12,14H,2-4,7-8,17H2,1H3,(H,18,21)/t12-,14-/m1/s1. The molecule has 1 saturated carbocycles. The Kier molecular flexibility index (Phi) is 3.92. The first-order valence-electron chi connectivity index (χ1n) is 7.59. The van der Waals surface area contributed by atoms with Gasteiger partial charge < -0.3 is 15.5 Å². The van der Waals surface area contributed by atoms with E-state index < -0.39 is 0 Å². The van der Waals surface area contributed by atoms with Gasteiger partial charge in [-0.25, -0.2) is 4.98 Å². The Hall–Kier alpha value is -1.88. The van der Waals surface area contributed by atoms with E-state index in [1.807, 2.05) is 35.9 Å². The van der Waals surface area contributed by atoms with Crippen molar-refractivity contribution < 1.29 is 4.79 Å². The molecule has 112 valence electrons. The third kappa shape index (κ3) is 2.93. The van der Waals surface area contributed by atoms with Crippen molar-refractivity contribution in [2.24, 2.45) is 17.6 Å². The molecule has 3 rings (SSSR count). The molecule has 0 spiro atoms. The highest BCUT2D eigenvalue weighted by molar-refractivity contribution is 5.79. The molecule has 5 heteroatoms. The molecule has 0 radical (unpaired) electrons. The molecule has 0 aliphatic heterocycles. The van der Waals surface area contributed by atoms with Crippen LogP contribution in [0.1, 0.15) is 30.5 Å². The van der Waals surface area contributed by atoms with Gasteiger partial charge in [0, 0.05) is 18.3 Å². The van der Waals surface area contributed by atoms with Crippen LogP contribution in [0, 0.1) is 18.8 Å². The van der Waals surface area contributed by atoms with E-state index in [-0.39, 0.29) is 11.8 Å². The Bertz CT molecular complexity index is 649. The molecule has 2 heterocycles. The second-order valence-electron chi connectivity index (χ2n) is 5.96. The molecular weight excluding hydrogens is 264 g/mol. The Labute approximate surface area is 124 Å². The largest absolute Gasteiger partial charge is 0.350 e. The summed E-state index contributed by atoms with van der Waals surface area (Å²) >= 11 is 0. The van der Waals surface area contributed by atoms with Crippen LogP contribution in [0.15, 0.2) is 24.5 Å². The van der Waals surface area contributed by atoms with E-state index in [1.165, 1.54) is 5.56 Å². The van der Waals surface area contributed by atoms with Gasteiger partial charge in [0.1, 0.15) is 5.65 Å². The van der Waals surface area contributed by atoms with Gasteiger partial charge in [-0.05, 0) is 43.9 Å². The van der Waals surface area contributed by atoms with Gasteiger partial charge in [0.2, 0.25) is 5.91 Å². The van der Waals surface area contributed by atoms with Crippen molar-refractivity contribution in [3.05, 3.63) is 35.8 Å². The number of nitrogens with two attached hydrogens (primary N) is 1. The summed E-state index contributed by atoms with van der Waals surface area (Å²) in [5.41, 5.74) is 8.72. The van der Waals surface area contributed by atoms with Crippen molar-refractivity contribution >= 4 is 11.6 Å². The number of nitrogens with zero attached hydrogens (tertiary/aromatic N) is 2. The molecule has 2 atom stereocenters. The third-order valence-corrected chi connectivity index (χ3v) is 4.39. The van der Waals surface area contributed by atoms with Crippen molar-refractivity contribution in [3.8, 4) is 0 Å². The van der Waals surface area contributed by atoms with Crippen LogP contribution in [0.5, 0.6) is 0 Å². The van der Waals surface area contributed by atoms with Crippen molar-refractivity contribution in [1.82, 2.24) is 14.7 Å². The SMILES string of the molecule is Cc1ccc2nc(CNC(=O)[C@@H]3CCC[C@@H]3CN)cn2c1. The van der Waals surface area contributed by atoms with Crippen molar-refractivity contribution in [3.63, 3.8) is 0 Å². The molecule has 0 unspecified atom stereocenters. The number of aryl methyl sites for hydroxylation is 1. The molecule has 1 aliphatic carbocycles. The Morgan fingerprint density at radius 1 is 1.43 bits per heavy atom. The fourth-order valence-corrected chi connectivity index (χ4v) is 3.21. The van der Waals surface area contributed by atoms with Crippen LogP contribution in [0.2, 0.25) is 0 Å². The van der Waals surface area contributed by atoms with Crippen LogP contribution >= 0.6 is 0 Å². The highest BCUT2D eigenvalue weighted by Crippen LogP contribution is 2.30. The maximum atomic E-state index is 12.3. The minimum Gasteiger partial charge on any atom is -0.350 e. The van der Waals surface area contributed by atoms with E-state index in [0.717, 1.165) is 30.6 Å². The summed E-state index contributed by atoms with van der Waals surface area (Å²) in [6.07, 6.45) is 7.14. The van der Waals surface area contributed by atoms with E-state index in [0.29, 0.717) is 19.0 Å². The number of rotatable bonds is 4. The molecule has 21 heavy (non-hydrogen) atoms. The lowest BCUT2D eigenvalue weighted by molar-refractivity contribution is -0.126. The maximum absolute atomic E-state index is 12.3. The highest BCUT2D eigenvalue weighted by Gasteiger charge is 2.31. The number of carbonyl (C=O) groups is 1. The second-order valence-corrected chi connectivity index (χ2v) is 5.96. The van der Waals surface area contributed by atoms with E-state index in [2.05, 4.69) is 10.3 Å². The van der Waals surface area contributed by atoms with Gasteiger partial charge in [-0.15, -0.1) is 0 Å². The monoisotopic (exact) mass is 286 g/mol. The van der Waals surface area contributed by atoms with Crippen LogP contribution in [0.25, 0.3) is 5.65 Å². The van der Waals surface area contributed by atoms with Crippen LogP contribution in [0.3, 0.4) is 0 Å². The third-order valence-electron chi connectivity index (χ3n) is 4.39. The first kappa shape index (κ1) is 14.1. The summed E-state index contributed by atoms with van der Waals surface area (Å²) in [6, 6.07) is 4.02. The van der Waals surface area contributed by atoms with Gasteiger partial charge in [-0.3, -0.25) is 4.79 Å². The fraction of sp³-hybridized carbons (Fsp3) is 0.500. The lowest BCUT2D eigenvalue weighted by atomic mass is 9.95. The molecule has 1 amide bonds. The molecule has 5 nitrogen and oxygen atoms in total. The summed E-state index contributed by atoms with van der Waals surface area (Å²) < 4.78 is 2.00. The highest BCUT2D eigenvalue weighted by atomic mass is 16.1. The van der Waals surface area contributed by atoms with Gasteiger partial charge in [0.25, 0.3) is 0 Å². The molecule has 0 bridgehead atoms. The van der Waals surface area contributed by atoms with Gasteiger partial charge >= 0.3 is 0 Å².